The molecule has 2 aromatic carbocycles. The molecule has 2 heteroatoms. The summed E-state index contributed by atoms with van der Waals surface area (Å²) < 4.78 is 1.99. The highest BCUT2D eigenvalue weighted by Crippen LogP contribution is 2.14. The fraction of sp³-hybridized carbons (Fsp3) is 0. The summed E-state index contributed by atoms with van der Waals surface area (Å²) in [6, 6.07) is 20.9. The monoisotopic (exact) mass is 247 g/mol. The maximum absolute atomic E-state index is 12.4. The van der Waals surface area contributed by atoms with Gasteiger partial charge in [0.25, 0.3) is 0 Å². The van der Waals surface area contributed by atoms with Crippen molar-refractivity contribution in [1.82, 2.24) is 4.57 Å². The first-order valence-corrected chi connectivity index (χ1v) is 6.18. The van der Waals surface area contributed by atoms with Crippen molar-refractivity contribution in [2.45, 2.75) is 0 Å². The lowest BCUT2D eigenvalue weighted by Gasteiger charge is -2.06. The molecule has 1 aromatic heterocycles. The molecule has 19 heavy (non-hydrogen) atoms. The third kappa shape index (κ3) is 2.33. The van der Waals surface area contributed by atoms with Crippen LogP contribution in [0.2, 0.25) is 0 Å². The number of hydrogen-bond donors (Lipinski definition) is 0. The fourth-order valence-electron chi connectivity index (χ4n) is 2.07. The van der Waals surface area contributed by atoms with Crippen molar-refractivity contribution < 1.29 is 4.79 Å². The predicted octanol–water partition coefficient (Wildman–Crippen LogP) is 3.71. The summed E-state index contributed by atoms with van der Waals surface area (Å²) in [5.74, 6) is 0.0506. The Labute approximate surface area is 111 Å². The molecule has 0 saturated heterocycles. The van der Waals surface area contributed by atoms with Crippen molar-refractivity contribution in [3.05, 3.63) is 90.3 Å². The summed E-state index contributed by atoms with van der Waals surface area (Å²) >= 11 is 0. The molecule has 0 aliphatic rings. The van der Waals surface area contributed by atoms with Gasteiger partial charge in [-0.1, -0.05) is 42.5 Å². The quantitative estimate of drug-likeness (QED) is 0.647. The van der Waals surface area contributed by atoms with Crippen LogP contribution in [-0.2, 0) is 0 Å². The highest BCUT2D eigenvalue weighted by molar-refractivity contribution is 6.09. The summed E-state index contributed by atoms with van der Waals surface area (Å²) in [6.45, 7) is 0. The Morgan fingerprint density at radius 2 is 1.42 bits per heavy atom. The smallest absolute Gasteiger partial charge is 0.193 e. The van der Waals surface area contributed by atoms with E-state index in [2.05, 4.69) is 0 Å². The van der Waals surface area contributed by atoms with Gasteiger partial charge in [0.05, 0.1) is 0 Å². The van der Waals surface area contributed by atoms with Crippen molar-refractivity contribution in [1.29, 1.82) is 0 Å². The molecule has 0 amide bonds. The van der Waals surface area contributed by atoms with Crippen LogP contribution in [0.3, 0.4) is 0 Å². The third-order valence-corrected chi connectivity index (χ3v) is 3.05. The van der Waals surface area contributed by atoms with Crippen molar-refractivity contribution in [2.75, 3.05) is 0 Å². The lowest BCUT2D eigenvalue weighted by Crippen LogP contribution is -2.02. The van der Waals surface area contributed by atoms with Crippen LogP contribution in [0.25, 0.3) is 5.69 Å². The Bertz CT molecular complexity index is 684. The second kappa shape index (κ2) is 4.94. The minimum absolute atomic E-state index is 0.0506. The molecule has 3 rings (SSSR count). The van der Waals surface area contributed by atoms with Crippen LogP contribution in [0.15, 0.2) is 79.1 Å². The van der Waals surface area contributed by atoms with Gasteiger partial charge in [-0.15, -0.1) is 0 Å². The van der Waals surface area contributed by atoms with Crippen molar-refractivity contribution in [3.8, 4) is 5.69 Å². The number of hydrogen-bond acceptors (Lipinski definition) is 1. The maximum Gasteiger partial charge on any atom is 0.193 e. The molecule has 0 unspecified atom stereocenters. The zero-order valence-corrected chi connectivity index (χ0v) is 10.4. The number of rotatable bonds is 3. The van der Waals surface area contributed by atoms with Crippen molar-refractivity contribution >= 4 is 5.78 Å². The Morgan fingerprint density at radius 1 is 0.737 bits per heavy atom. The topological polar surface area (TPSA) is 22.0 Å². The summed E-state index contributed by atoms with van der Waals surface area (Å²) in [5.41, 5.74) is 2.41. The first-order valence-electron chi connectivity index (χ1n) is 6.18. The largest absolute Gasteiger partial charge is 0.324 e. The van der Waals surface area contributed by atoms with Crippen molar-refractivity contribution in [3.63, 3.8) is 0 Å². The van der Waals surface area contributed by atoms with Gasteiger partial charge in [0.1, 0.15) is 0 Å². The van der Waals surface area contributed by atoms with Gasteiger partial charge >= 0.3 is 0 Å². The van der Waals surface area contributed by atoms with Crippen LogP contribution in [0.4, 0.5) is 0 Å². The summed E-state index contributed by atoms with van der Waals surface area (Å²) in [7, 11) is 0. The van der Waals surface area contributed by atoms with Gasteiger partial charge < -0.3 is 4.57 Å². The van der Waals surface area contributed by atoms with E-state index in [1.807, 2.05) is 83.7 Å². The van der Waals surface area contributed by atoms with E-state index in [4.69, 9.17) is 0 Å². The molecule has 92 valence electrons. The number of aromatic nitrogens is 1. The zero-order valence-electron chi connectivity index (χ0n) is 10.4. The lowest BCUT2D eigenvalue weighted by atomic mass is 10.0. The fourth-order valence-corrected chi connectivity index (χ4v) is 2.07. The van der Waals surface area contributed by atoms with Gasteiger partial charge in [-0.25, -0.2) is 0 Å². The standard InChI is InChI=1S/C17H13NO/c19-17(14-7-2-1-3-8-14)15-9-6-10-16(13-15)18-11-4-5-12-18/h1-13H. The van der Waals surface area contributed by atoms with Gasteiger partial charge in [-0.3, -0.25) is 4.79 Å². The van der Waals surface area contributed by atoms with Gasteiger partial charge in [-0.05, 0) is 24.3 Å². The molecule has 1 heterocycles. The molecule has 3 aromatic rings. The van der Waals surface area contributed by atoms with Crippen LogP contribution >= 0.6 is 0 Å². The third-order valence-electron chi connectivity index (χ3n) is 3.05. The van der Waals surface area contributed by atoms with Crippen LogP contribution in [-0.4, -0.2) is 10.4 Å². The average molecular weight is 247 g/mol. The minimum Gasteiger partial charge on any atom is -0.324 e. The Balaban J connectivity index is 1.98. The molecule has 0 bridgehead atoms. The highest BCUT2D eigenvalue weighted by Gasteiger charge is 2.08. The van der Waals surface area contributed by atoms with E-state index in [0.717, 1.165) is 5.69 Å². The lowest BCUT2D eigenvalue weighted by molar-refractivity contribution is 0.103. The number of benzene rings is 2. The summed E-state index contributed by atoms with van der Waals surface area (Å²) in [4.78, 5) is 12.4. The Kier molecular flexibility index (Phi) is 2.99. The van der Waals surface area contributed by atoms with Crippen molar-refractivity contribution in [2.24, 2.45) is 0 Å². The van der Waals surface area contributed by atoms with E-state index >= 15 is 0 Å². The van der Waals surface area contributed by atoms with E-state index in [0.29, 0.717) is 11.1 Å². The zero-order chi connectivity index (χ0) is 13.1. The second-order valence-electron chi connectivity index (χ2n) is 4.34. The van der Waals surface area contributed by atoms with E-state index in [1.165, 1.54) is 0 Å². The molecular weight excluding hydrogens is 234 g/mol. The molecular formula is C17H13NO. The van der Waals surface area contributed by atoms with Gasteiger partial charge in [0.15, 0.2) is 5.78 Å². The molecule has 2 nitrogen and oxygen atoms in total. The first-order chi connectivity index (χ1) is 9.34. The van der Waals surface area contributed by atoms with E-state index < -0.39 is 0 Å². The van der Waals surface area contributed by atoms with Crippen LogP contribution < -0.4 is 0 Å². The van der Waals surface area contributed by atoms with Crippen LogP contribution in [0, 0.1) is 0 Å². The molecule has 0 N–H and O–H groups in total. The first kappa shape index (κ1) is 11.5. The normalized spacial score (nSPS) is 10.3. The average Bonchev–Trinajstić information content (AvgIpc) is 3.02. The Hall–Kier alpha value is -2.61. The maximum atomic E-state index is 12.4. The summed E-state index contributed by atoms with van der Waals surface area (Å²) in [6.07, 6.45) is 3.93. The molecule has 0 aliphatic heterocycles. The van der Waals surface area contributed by atoms with Gasteiger partial charge in [0, 0.05) is 29.2 Å². The number of carbonyl (C=O) groups is 1. The molecule has 0 saturated carbocycles. The van der Waals surface area contributed by atoms with Gasteiger partial charge in [-0.2, -0.15) is 0 Å². The molecule has 0 atom stereocenters. The summed E-state index contributed by atoms with van der Waals surface area (Å²) in [5, 5.41) is 0. The van der Waals surface area contributed by atoms with Gasteiger partial charge in [0.2, 0.25) is 0 Å². The molecule has 0 aliphatic carbocycles. The van der Waals surface area contributed by atoms with E-state index in [9.17, 15) is 4.79 Å². The SMILES string of the molecule is O=C(c1ccccc1)c1cccc(-n2cccc2)c1. The molecule has 0 radical (unpaired) electrons. The van der Waals surface area contributed by atoms with Crippen LogP contribution in [0.5, 0.6) is 0 Å². The number of carbonyl (C=O) groups excluding carboxylic acids is 1. The molecule has 0 spiro atoms. The van der Waals surface area contributed by atoms with Crippen LogP contribution in [0.1, 0.15) is 15.9 Å². The number of nitrogens with zero attached hydrogens (tertiary/aromatic N) is 1. The number of ketones is 1. The second-order valence-corrected chi connectivity index (χ2v) is 4.34. The Morgan fingerprint density at radius 3 is 2.16 bits per heavy atom. The van der Waals surface area contributed by atoms with E-state index in [1.54, 1.807) is 0 Å². The minimum atomic E-state index is 0.0506. The predicted molar refractivity (Wildman–Crippen MR) is 75.6 cm³/mol. The molecule has 0 fully saturated rings. The highest BCUT2D eigenvalue weighted by atomic mass is 16.1. The van der Waals surface area contributed by atoms with E-state index in [-0.39, 0.29) is 5.78 Å².